The van der Waals surface area contributed by atoms with E-state index in [1.807, 2.05) is 39.0 Å². The van der Waals surface area contributed by atoms with Gasteiger partial charge in [0.15, 0.2) is 5.11 Å². The van der Waals surface area contributed by atoms with Gasteiger partial charge in [-0.25, -0.2) is 9.97 Å². The molecule has 0 atom stereocenters. The molecule has 0 aliphatic rings. The first-order valence-electron chi connectivity index (χ1n) is 5.95. The maximum Gasteiger partial charge on any atom is 0.229 e. The van der Waals surface area contributed by atoms with E-state index in [0.29, 0.717) is 17.6 Å². The van der Waals surface area contributed by atoms with Crippen LogP contribution in [0, 0.1) is 20.8 Å². The predicted molar refractivity (Wildman–Crippen MR) is 78.0 cm³/mol. The zero-order valence-corrected chi connectivity index (χ0v) is 12.0. The number of anilines is 1. The lowest BCUT2D eigenvalue weighted by molar-refractivity contribution is 0.478. The first-order valence-corrected chi connectivity index (χ1v) is 6.36. The molecule has 2 aromatic heterocycles. The minimum Gasteiger partial charge on any atom is -0.465 e. The second-order valence-corrected chi connectivity index (χ2v) is 4.70. The van der Waals surface area contributed by atoms with Crippen LogP contribution < -0.4 is 10.6 Å². The molecule has 19 heavy (non-hydrogen) atoms. The van der Waals surface area contributed by atoms with E-state index >= 15 is 0 Å². The second-order valence-electron chi connectivity index (χ2n) is 4.29. The van der Waals surface area contributed by atoms with E-state index < -0.39 is 0 Å². The normalized spacial score (nSPS) is 10.3. The van der Waals surface area contributed by atoms with Gasteiger partial charge in [-0.15, -0.1) is 0 Å². The van der Waals surface area contributed by atoms with Gasteiger partial charge in [0.25, 0.3) is 0 Å². The number of nitrogens with zero attached hydrogens (tertiary/aromatic N) is 2. The molecular formula is C13H16N4OS. The quantitative estimate of drug-likeness (QED) is 0.840. The van der Waals surface area contributed by atoms with Crippen molar-refractivity contribution >= 4 is 23.3 Å². The number of hydrogen-bond acceptors (Lipinski definition) is 4. The summed E-state index contributed by atoms with van der Waals surface area (Å²) < 4.78 is 5.44. The Labute approximate surface area is 117 Å². The molecule has 0 aromatic carbocycles. The summed E-state index contributed by atoms with van der Waals surface area (Å²) in [6.07, 6.45) is 0. The first-order chi connectivity index (χ1) is 9.02. The second kappa shape index (κ2) is 5.79. The molecule has 6 heteroatoms. The van der Waals surface area contributed by atoms with E-state index in [9.17, 15) is 0 Å². The van der Waals surface area contributed by atoms with Crippen LogP contribution in [0.25, 0.3) is 0 Å². The van der Waals surface area contributed by atoms with Gasteiger partial charge in [0.1, 0.15) is 11.5 Å². The minimum atomic E-state index is 0.471. The van der Waals surface area contributed by atoms with E-state index in [1.165, 1.54) is 0 Å². The Balaban J connectivity index is 1.90. The number of aromatic nitrogens is 2. The number of nitrogens with one attached hydrogen (secondary N) is 2. The van der Waals surface area contributed by atoms with E-state index in [0.717, 1.165) is 22.9 Å². The largest absolute Gasteiger partial charge is 0.465 e. The Morgan fingerprint density at radius 1 is 1.21 bits per heavy atom. The molecule has 2 N–H and O–H groups in total. The van der Waals surface area contributed by atoms with Crippen molar-refractivity contribution in [3.05, 3.63) is 41.1 Å². The third-order valence-corrected chi connectivity index (χ3v) is 2.67. The molecule has 0 saturated carbocycles. The summed E-state index contributed by atoms with van der Waals surface area (Å²) in [4.78, 5) is 8.52. The van der Waals surface area contributed by atoms with E-state index in [4.69, 9.17) is 16.6 Å². The molecule has 2 heterocycles. The lowest BCUT2D eigenvalue weighted by Gasteiger charge is -2.09. The SMILES string of the molecule is Cc1cc(C)nc(NC(=S)NCc2ccc(C)o2)n1. The fourth-order valence-electron chi connectivity index (χ4n) is 1.68. The zero-order valence-electron chi connectivity index (χ0n) is 11.2. The van der Waals surface area contributed by atoms with Crippen molar-refractivity contribution in [2.24, 2.45) is 0 Å². The molecule has 0 aliphatic carbocycles. The van der Waals surface area contributed by atoms with Crippen LogP contribution in [0.4, 0.5) is 5.95 Å². The van der Waals surface area contributed by atoms with Gasteiger partial charge in [0.2, 0.25) is 5.95 Å². The van der Waals surface area contributed by atoms with Gasteiger partial charge in [-0.2, -0.15) is 0 Å². The lowest BCUT2D eigenvalue weighted by Crippen LogP contribution is -2.28. The fraction of sp³-hybridized carbons (Fsp3) is 0.308. The highest BCUT2D eigenvalue weighted by Gasteiger charge is 2.03. The van der Waals surface area contributed by atoms with Crippen LogP contribution >= 0.6 is 12.2 Å². The standard InChI is InChI=1S/C13H16N4OS/c1-8-6-9(2)16-12(15-8)17-13(19)14-7-11-5-4-10(3)18-11/h4-6H,7H2,1-3H3,(H2,14,15,16,17,19). The van der Waals surface area contributed by atoms with Crippen molar-refractivity contribution in [3.8, 4) is 0 Å². The van der Waals surface area contributed by atoms with Gasteiger partial charge in [-0.1, -0.05) is 0 Å². The maximum atomic E-state index is 5.44. The number of rotatable bonds is 3. The first kappa shape index (κ1) is 13.5. The average molecular weight is 276 g/mol. The Kier molecular flexibility index (Phi) is 4.11. The van der Waals surface area contributed by atoms with Gasteiger partial charge in [0, 0.05) is 11.4 Å². The number of aryl methyl sites for hydroxylation is 3. The molecule has 0 aliphatic heterocycles. The number of thiocarbonyl (C=S) groups is 1. The third-order valence-electron chi connectivity index (χ3n) is 2.43. The van der Waals surface area contributed by atoms with Crippen LogP contribution in [-0.4, -0.2) is 15.1 Å². The van der Waals surface area contributed by atoms with Crippen LogP contribution in [0.2, 0.25) is 0 Å². The summed E-state index contributed by atoms with van der Waals surface area (Å²) in [6.45, 7) is 6.28. The maximum absolute atomic E-state index is 5.44. The third kappa shape index (κ3) is 4.03. The summed E-state index contributed by atoms with van der Waals surface area (Å²) in [7, 11) is 0. The zero-order chi connectivity index (χ0) is 13.8. The van der Waals surface area contributed by atoms with Gasteiger partial charge in [-0.05, 0) is 51.2 Å². The molecule has 0 spiro atoms. The molecule has 2 aromatic rings. The summed E-state index contributed by atoms with van der Waals surface area (Å²) in [5.41, 5.74) is 1.80. The van der Waals surface area contributed by atoms with Crippen LogP contribution in [-0.2, 0) is 6.54 Å². The van der Waals surface area contributed by atoms with Gasteiger partial charge >= 0.3 is 0 Å². The van der Waals surface area contributed by atoms with Crippen LogP contribution in [0.5, 0.6) is 0 Å². The Hall–Kier alpha value is -1.95. The van der Waals surface area contributed by atoms with Crippen LogP contribution in [0.1, 0.15) is 22.9 Å². The van der Waals surface area contributed by atoms with Crippen molar-refractivity contribution in [2.45, 2.75) is 27.3 Å². The predicted octanol–water partition coefficient (Wildman–Crippen LogP) is 2.48. The van der Waals surface area contributed by atoms with E-state index in [2.05, 4.69) is 20.6 Å². The molecular weight excluding hydrogens is 260 g/mol. The molecule has 0 bridgehead atoms. The van der Waals surface area contributed by atoms with Gasteiger partial charge < -0.3 is 15.1 Å². The van der Waals surface area contributed by atoms with Crippen molar-refractivity contribution in [2.75, 3.05) is 5.32 Å². The molecule has 100 valence electrons. The summed E-state index contributed by atoms with van der Waals surface area (Å²) in [6, 6.07) is 5.74. The van der Waals surface area contributed by atoms with Crippen molar-refractivity contribution in [1.82, 2.24) is 15.3 Å². The fourth-order valence-corrected chi connectivity index (χ4v) is 1.84. The van der Waals surface area contributed by atoms with E-state index in [-0.39, 0.29) is 0 Å². The molecule has 0 radical (unpaired) electrons. The summed E-state index contributed by atoms with van der Waals surface area (Å²) in [5.74, 6) is 2.22. The van der Waals surface area contributed by atoms with Crippen LogP contribution in [0.3, 0.4) is 0 Å². The number of furan rings is 1. The number of hydrogen-bond donors (Lipinski definition) is 2. The molecule has 2 rings (SSSR count). The Morgan fingerprint density at radius 3 is 2.47 bits per heavy atom. The monoisotopic (exact) mass is 276 g/mol. The van der Waals surface area contributed by atoms with Crippen molar-refractivity contribution in [1.29, 1.82) is 0 Å². The average Bonchev–Trinajstić information content (AvgIpc) is 2.71. The van der Waals surface area contributed by atoms with Gasteiger partial charge in [0.05, 0.1) is 6.54 Å². The summed E-state index contributed by atoms with van der Waals surface area (Å²) >= 11 is 5.18. The van der Waals surface area contributed by atoms with E-state index in [1.54, 1.807) is 0 Å². The lowest BCUT2D eigenvalue weighted by atomic mass is 10.4. The molecule has 0 unspecified atom stereocenters. The topological polar surface area (TPSA) is 63.0 Å². The molecule has 0 saturated heterocycles. The van der Waals surface area contributed by atoms with Crippen molar-refractivity contribution < 1.29 is 4.42 Å². The van der Waals surface area contributed by atoms with Crippen LogP contribution in [0.15, 0.2) is 22.6 Å². The molecule has 0 fully saturated rings. The van der Waals surface area contributed by atoms with Gasteiger partial charge in [-0.3, -0.25) is 0 Å². The highest BCUT2D eigenvalue weighted by atomic mass is 32.1. The van der Waals surface area contributed by atoms with Crippen molar-refractivity contribution in [3.63, 3.8) is 0 Å². The molecule has 0 amide bonds. The smallest absolute Gasteiger partial charge is 0.229 e. The molecule has 5 nitrogen and oxygen atoms in total. The summed E-state index contributed by atoms with van der Waals surface area (Å²) in [5, 5.41) is 6.47. The Morgan fingerprint density at radius 2 is 1.89 bits per heavy atom. The highest BCUT2D eigenvalue weighted by molar-refractivity contribution is 7.80. The highest BCUT2D eigenvalue weighted by Crippen LogP contribution is 2.06. The minimum absolute atomic E-state index is 0.471. The Bertz CT molecular complexity index is 574.